The van der Waals surface area contributed by atoms with Crippen LogP contribution in [0.5, 0.6) is 0 Å². The number of amides is 2. The lowest BCUT2D eigenvalue weighted by Gasteiger charge is -2.28. The minimum Gasteiger partial charge on any atom is -0.467 e. The summed E-state index contributed by atoms with van der Waals surface area (Å²) in [6, 6.07) is 5.93. The van der Waals surface area contributed by atoms with Gasteiger partial charge >= 0.3 is 6.03 Å². The van der Waals surface area contributed by atoms with E-state index in [1.165, 1.54) is 12.8 Å². The molecular weight excluding hydrogens is 304 g/mol. The van der Waals surface area contributed by atoms with Crippen LogP contribution in [-0.4, -0.2) is 27.7 Å². The van der Waals surface area contributed by atoms with Crippen LogP contribution in [-0.2, 0) is 6.54 Å². The molecule has 0 spiro atoms. The van der Waals surface area contributed by atoms with Gasteiger partial charge in [0.1, 0.15) is 5.76 Å². The van der Waals surface area contributed by atoms with E-state index in [4.69, 9.17) is 4.42 Å². The molecule has 0 aromatic carbocycles. The molecule has 1 aliphatic carbocycles. The van der Waals surface area contributed by atoms with Crippen LogP contribution in [0.3, 0.4) is 0 Å². The number of H-pyrrole nitrogens is 1. The second kappa shape index (κ2) is 6.71. The Balaban J connectivity index is 1.40. The summed E-state index contributed by atoms with van der Waals surface area (Å²) in [5, 5.41) is 10.4. The molecule has 6 heteroatoms. The summed E-state index contributed by atoms with van der Waals surface area (Å²) < 4.78 is 5.57. The summed E-state index contributed by atoms with van der Waals surface area (Å²) in [4.78, 5) is 14.6. The molecule has 1 atom stereocenters. The maximum Gasteiger partial charge on any atom is 0.318 e. The lowest BCUT2D eigenvalue weighted by atomic mass is 10.1. The molecular formula is C18H24N4O2. The van der Waals surface area contributed by atoms with Gasteiger partial charge in [0.15, 0.2) is 0 Å². The molecule has 1 saturated heterocycles. The number of hydrogen-bond acceptors (Lipinski definition) is 3. The third-order valence-electron chi connectivity index (χ3n) is 4.96. The van der Waals surface area contributed by atoms with Gasteiger partial charge in [0, 0.05) is 12.5 Å². The van der Waals surface area contributed by atoms with Crippen LogP contribution in [0, 0.1) is 0 Å². The molecule has 2 aromatic rings. The van der Waals surface area contributed by atoms with Crippen molar-refractivity contribution in [2.75, 3.05) is 6.54 Å². The highest BCUT2D eigenvalue weighted by Crippen LogP contribution is 2.39. The summed E-state index contributed by atoms with van der Waals surface area (Å²) in [5.74, 6) is 1.50. The number of nitrogens with zero attached hydrogens (tertiary/aromatic N) is 2. The molecule has 2 aromatic heterocycles. The van der Waals surface area contributed by atoms with Crippen molar-refractivity contribution in [3.8, 4) is 0 Å². The smallest absolute Gasteiger partial charge is 0.318 e. The summed E-state index contributed by atoms with van der Waals surface area (Å²) in [7, 11) is 0. The normalized spacial score (nSPS) is 21.5. The number of nitrogens with one attached hydrogen (secondary N) is 2. The molecule has 2 fully saturated rings. The molecule has 1 aliphatic heterocycles. The van der Waals surface area contributed by atoms with E-state index >= 15 is 0 Å². The van der Waals surface area contributed by atoms with Gasteiger partial charge < -0.3 is 14.6 Å². The van der Waals surface area contributed by atoms with Crippen LogP contribution >= 0.6 is 0 Å². The minimum atomic E-state index is -0.0270. The van der Waals surface area contributed by atoms with Gasteiger partial charge in [-0.15, -0.1) is 0 Å². The van der Waals surface area contributed by atoms with Gasteiger partial charge in [0.05, 0.1) is 30.2 Å². The zero-order valence-corrected chi connectivity index (χ0v) is 13.8. The van der Waals surface area contributed by atoms with Crippen LogP contribution < -0.4 is 5.32 Å². The highest BCUT2D eigenvalue weighted by Gasteiger charge is 2.29. The third-order valence-corrected chi connectivity index (χ3v) is 4.96. The molecule has 0 bridgehead atoms. The Labute approximate surface area is 141 Å². The number of hydrogen-bond donors (Lipinski definition) is 2. The molecule has 4 rings (SSSR count). The van der Waals surface area contributed by atoms with Crippen LogP contribution in [0.15, 0.2) is 28.9 Å². The fourth-order valence-electron chi connectivity index (χ4n) is 3.46. The fourth-order valence-corrected chi connectivity index (χ4v) is 3.46. The highest BCUT2D eigenvalue weighted by atomic mass is 16.3. The average molecular weight is 328 g/mol. The van der Waals surface area contributed by atoms with E-state index in [1.54, 1.807) is 6.26 Å². The maximum atomic E-state index is 12.7. The predicted molar refractivity (Wildman–Crippen MR) is 89.4 cm³/mol. The number of aromatic amines is 1. The van der Waals surface area contributed by atoms with Crippen LogP contribution in [0.2, 0.25) is 0 Å². The number of likely N-dealkylation sites (tertiary alicyclic amines) is 1. The summed E-state index contributed by atoms with van der Waals surface area (Å²) in [6.45, 7) is 1.26. The number of carbonyl (C=O) groups excluding carboxylic acids is 1. The standard InChI is InChI=1S/C18H24N4O2/c23-18(19-12-14-11-15(21-20-14)13-7-8-13)22-9-3-1-2-5-16(22)17-6-4-10-24-17/h4,6,10-11,13,16H,1-3,5,7-9,12H2,(H,19,23)(H,20,21). The highest BCUT2D eigenvalue weighted by molar-refractivity contribution is 5.74. The van der Waals surface area contributed by atoms with Crippen molar-refractivity contribution < 1.29 is 9.21 Å². The minimum absolute atomic E-state index is 0.0270. The molecule has 1 saturated carbocycles. The largest absolute Gasteiger partial charge is 0.467 e. The average Bonchev–Trinajstić information content (AvgIpc) is 3.19. The zero-order valence-electron chi connectivity index (χ0n) is 13.8. The molecule has 2 N–H and O–H groups in total. The van der Waals surface area contributed by atoms with E-state index < -0.39 is 0 Å². The molecule has 3 heterocycles. The summed E-state index contributed by atoms with van der Waals surface area (Å²) >= 11 is 0. The first-order chi connectivity index (χ1) is 11.8. The SMILES string of the molecule is O=C(NCc1cc(C2CC2)n[nH]1)N1CCCCCC1c1ccco1. The Morgan fingerprint density at radius 2 is 2.25 bits per heavy atom. The van der Waals surface area contributed by atoms with Crippen molar-refractivity contribution in [2.24, 2.45) is 0 Å². The number of urea groups is 1. The Morgan fingerprint density at radius 3 is 3.04 bits per heavy atom. The molecule has 24 heavy (non-hydrogen) atoms. The molecule has 0 radical (unpaired) electrons. The monoisotopic (exact) mass is 328 g/mol. The van der Waals surface area contributed by atoms with Crippen LogP contribution in [0.1, 0.15) is 67.6 Å². The second-order valence-electron chi connectivity index (χ2n) is 6.82. The quantitative estimate of drug-likeness (QED) is 0.898. The number of furan rings is 1. The van der Waals surface area contributed by atoms with Crippen LogP contribution in [0.25, 0.3) is 0 Å². The lowest BCUT2D eigenvalue weighted by Crippen LogP contribution is -2.41. The van der Waals surface area contributed by atoms with E-state index in [1.807, 2.05) is 17.0 Å². The Bertz CT molecular complexity index is 675. The topological polar surface area (TPSA) is 74.2 Å². The van der Waals surface area contributed by atoms with Crippen molar-refractivity contribution in [3.63, 3.8) is 0 Å². The van der Waals surface area contributed by atoms with Crippen molar-refractivity contribution >= 4 is 6.03 Å². The van der Waals surface area contributed by atoms with E-state index in [0.717, 1.165) is 49.4 Å². The second-order valence-corrected chi connectivity index (χ2v) is 6.82. The van der Waals surface area contributed by atoms with Crippen molar-refractivity contribution in [1.29, 1.82) is 0 Å². The molecule has 1 unspecified atom stereocenters. The van der Waals surface area contributed by atoms with Crippen LogP contribution in [0.4, 0.5) is 4.79 Å². The number of rotatable bonds is 4. The molecule has 6 nitrogen and oxygen atoms in total. The van der Waals surface area contributed by atoms with Crippen molar-refractivity contribution in [1.82, 2.24) is 20.4 Å². The van der Waals surface area contributed by atoms with E-state index in [0.29, 0.717) is 12.5 Å². The maximum absolute atomic E-state index is 12.7. The fraction of sp³-hybridized carbons (Fsp3) is 0.556. The Hall–Kier alpha value is -2.24. The lowest BCUT2D eigenvalue weighted by molar-refractivity contribution is 0.166. The number of aromatic nitrogens is 2. The first-order valence-corrected chi connectivity index (χ1v) is 8.93. The van der Waals surface area contributed by atoms with E-state index in [9.17, 15) is 4.79 Å². The van der Waals surface area contributed by atoms with E-state index in [-0.39, 0.29) is 12.1 Å². The first kappa shape index (κ1) is 15.3. The van der Waals surface area contributed by atoms with Crippen molar-refractivity contribution in [2.45, 2.75) is 57.0 Å². The molecule has 128 valence electrons. The van der Waals surface area contributed by atoms with Gasteiger partial charge in [-0.05, 0) is 43.9 Å². The third kappa shape index (κ3) is 3.32. The van der Waals surface area contributed by atoms with Gasteiger partial charge in [-0.25, -0.2) is 4.79 Å². The van der Waals surface area contributed by atoms with Gasteiger partial charge in [0.2, 0.25) is 0 Å². The van der Waals surface area contributed by atoms with E-state index in [2.05, 4.69) is 21.6 Å². The van der Waals surface area contributed by atoms with Crippen molar-refractivity contribution in [3.05, 3.63) is 41.6 Å². The predicted octanol–water partition coefficient (Wildman–Crippen LogP) is 3.71. The summed E-state index contributed by atoms with van der Waals surface area (Å²) in [5.41, 5.74) is 2.09. The van der Waals surface area contributed by atoms with Gasteiger partial charge in [-0.1, -0.05) is 12.8 Å². The Morgan fingerprint density at radius 1 is 1.33 bits per heavy atom. The van der Waals surface area contributed by atoms with Gasteiger partial charge in [0.25, 0.3) is 0 Å². The first-order valence-electron chi connectivity index (χ1n) is 8.93. The number of carbonyl (C=O) groups is 1. The molecule has 2 aliphatic rings. The summed E-state index contributed by atoms with van der Waals surface area (Å²) in [6.07, 6.45) is 8.43. The van der Waals surface area contributed by atoms with Gasteiger partial charge in [-0.2, -0.15) is 5.10 Å². The zero-order chi connectivity index (χ0) is 16.4. The molecule has 2 amide bonds. The van der Waals surface area contributed by atoms with Gasteiger partial charge in [-0.3, -0.25) is 5.10 Å². The Kier molecular flexibility index (Phi) is 4.28.